The third-order valence-corrected chi connectivity index (χ3v) is 3.29. The highest BCUT2D eigenvalue weighted by Gasteiger charge is 2.08. The van der Waals surface area contributed by atoms with Crippen molar-refractivity contribution in [3.63, 3.8) is 0 Å². The average Bonchev–Trinajstić information content (AvgIpc) is 2.53. The minimum atomic E-state index is -0.184. The molecule has 0 aliphatic heterocycles. The van der Waals surface area contributed by atoms with Crippen LogP contribution in [0.5, 0.6) is 0 Å². The minimum Gasteiger partial charge on any atom is -0.397 e. The Labute approximate surface area is 150 Å². The van der Waals surface area contributed by atoms with Gasteiger partial charge < -0.3 is 16.4 Å². The van der Waals surface area contributed by atoms with Gasteiger partial charge in [0.15, 0.2) is 0 Å². The molecular weight excluding hydrogens is 318 g/mol. The first-order chi connectivity index (χ1) is 11.7. The Bertz CT molecular complexity index is 564. The summed E-state index contributed by atoms with van der Waals surface area (Å²) in [5, 5.41) is 6.95. The third kappa shape index (κ3) is 10.6. The number of nitrogens with two attached hydrogens (primary N) is 1. The van der Waals surface area contributed by atoms with E-state index in [1.165, 1.54) is 0 Å². The number of rotatable bonds is 11. The predicted molar refractivity (Wildman–Crippen MR) is 102 cm³/mol. The Morgan fingerprint density at radius 2 is 1.80 bits per heavy atom. The fraction of sp³-hybridized carbons (Fsp3) is 0.444. The zero-order valence-electron chi connectivity index (χ0n) is 15.7. The van der Waals surface area contributed by atoms with E-state index in [1.54, 1.807) is 31.4 Å². The Morgan fingerprint density at radius 3 is 2.32 bits per heavy atom. The smallest absolute Gasteiger partial charge is 0.225 e. The van der Waals surface area contributed by atoms with Gasteiger partial charge in [-0.25, -0.2) is 0 Å². The second kappa shape index (κ2) is 11.8. The van der Waals surface area contributed by atoms with Gasteiger partial charge in [0.25, 0.3) is 0 Å². The van der Waals surface area contributed by atoms with E-state index in [1.807, 2.05) is 13.8 Å². The van der Waals surface area contributed by atoms with Gasteiger partial charge in [-0.15, -0.1) is 0 Å². The lowest BCUT2D eigenvalue weighted by atomic mass is 10.2. The molecule has 7 heteroatoms. The fourth-order valence-corrected chi connectivity index (χ4v) is 1.69. The van der Waals surface area contributed by atoms with E-state index in [-0.39, 0.29) is 18.2 Å². The van der Waals surface area contributed by atoms with Crippen LogP contribution >= 0.6 is 0 Å². The molecule has 0 aromatic heterocycles. The highest BCUT2D eigenvalue weighted by atomic mass is 16.2. The van der Waals surface area contributed by atoms with E-state index in [0.29, 0.717) is 24.4 Å². The van der Waals surface area contributed by atoms with Gasteiger partial charge in [-0.2, -0.15) is 0 Å². The van der Waals surface area contributed by atoms with Crippen LogP contribution in [0.2, 0.25) is 0 Å². The van der Waals surface area contributed by atoms with Gasteiger partial charge in [-0.3, -0.25) is 20.0 Å². The number of hydrogen-bond donors (Lipinski definition) is 4. The molecule has 0 fully saturated rings. The van der Waals surface area contributed by atoms with Gasteiger partial charge >= 0.3 is 0 Å². The summed E-state index contributed by atoms with van der Waals surface area (Å²) in [5.41, 5.74) is 11.0. The normalized spacial score (nSPS) is 11.5. The maximum Gasteiger partial charge on any atom is 0.225 e. The molecule has 2 amide bonds. The summed E-state index contributed by atoms with van der Waals surface area (Å²) in [4.78, 5) is 23.3. The molecule has 0 aliphatic carbocycles. The maximum absolute atomic E-state index is 12.1. The predicted octanol–water partition coefficient (Wildman–Crippen LogP) is 1.64. The summed E-state index contributed by atoms with van der Waals surface area (Å²) >= 11 is 0. The molecule has 7 nitrogen and oxygen atoms in total. The number of amides is 2. The summed E-state index contributed by atoms with van der Waals surface area (Å²) in [6.45, 7) is 11.5. The van der Waals surface area contributed by atoms with Gasteiger partial charge in [0.05, 0.1) is 5.70 Å². The molecule has 0 saturated heterocycles. The van der Waals surface area contributed by atoms with Gasteiger partial charge in [0.2, 0.25) is 11.8 Å². The summed E-state index contributed by atoms with van der Waals surface area (Å²) in [6, 6.07) is 0. The topological polar surface area (TPSA) is 99.5 Å². The van der Waals surface area contributed by atoms with Crippen LogP contribution in [0.25, 0.3) is 0 Å². The Morgan fingerprint density at radius 1 is 1.20 bits per heavy atom. The van der Waals surface area contributed by atoms with Crippen LogP contribution in [-0.4, -0.2) is 30.9 Å². The Hall–Kier alpha value is -2.70. The quantitative estimate of drug-likeness (QED) is 0.336. The van der Waals surface area contributed by atoms with Crippen LogP contribution in [0.1, 0.15) is 39.5 Å². The first-order valence-electron chi connectivity index (χ1n) is 8.22. The van der Waals surface area contributed by atoms with Crippen molar-refractivity contribution < 1.29 is 9.59 Å². The SMILES string of the molecule is C=C(/C=C(/NC(=O)CCCC(=O)NC)NN(C)/C=C(/N)C(=C)C)CC. The van der Waals surface area contributed by atoms with E-state index >= 15 is 0 Å². The molecule has 5 N–H and O–H groups in total. The molecule has 0 saturated carbocycles. The van der Waals surface area contributed by atoms with Crippen molar-refractivity contribution >= 4 is 11.8 Å². The maximum atomic E-state index is 12.1. The third-order valence-electron chi connectivity index (χ3n) is 3.29. The molecule has 0 aliphatic rings. The van der Waals surface area contributed by atoms with Crippen molar-refractivity contribution in [3.05, 3.63) is 48.1 Å². The van der Waals surface area contributed by atoms with Gasteiger partial charge in [-0.05, 0) is 31.4 Å². The van der Waals surface area contributed by atoms with E-state index in [2.05, 4.69) is 29.2 Å². The largest absolute Gasteiger partial charge is 0.397 e. The van der Waals surface area contributed by atoms with Crippen molar-refractivity contribution in [2.45, 2.75) is 39.5 Å². The van der Waals surface area contributed by atoms with Crippen molar-refractivity contribution in [2.24, 2.45) is 5.73 Å². The molecule has 0 heterocycles. The van der Waals surface area contributed by atoms with Gasteiger partial charge in [0.1, 0.15) is 5.82 Å². The van der Waals surface area contributed by atoms with E-state index in [0.717, 1.165) is 17.6 Å². The molecule has 0 unspecified atom stereocenters. The summed E-state index contributed by atoms with van der Waals surface area (Å²) in [6.07, 6.45) is 5.23. The monoisotopic (exact) mass is 349 g/mol. The van der Waals surface area contributed by atoms with E-state index < -0.39 is 0 Å². The number of nitrogens with one attached hydrogen (secondary N) is 3. The van der Waals surface area contributed by atoms with Crippen molar-refractivity contribution in [3.8, 4) is 0 Å². The molecule has 0 radical (unpaired) electrons. The molecule has 0 aromatic rings. The summed E-state index contributed by atoms with van der Waals surface area (Å²) in [7, 11) is 3.33. The lowest BCUT2D eigenvalue weighted by Crippen LogP contribution is -2.38. The van der Waals surface area contributed by atoms with Crippen molar-refractivity contribution in [1.29, 1.82) is 0 Å². The number of carbonyl (C=O) groups is 2. The molecule has 0 atom stereocenters. The van der Waals surface area contributed by atoms with Crippen LogP contribution in [-0.2, 0) is 9.59 Å². The summed E-state index contributed by atoms with van der Waals surface area (Å²) < 4.78 is 0. The standard InChI is InChI=1S/C18H31N5O2/c1-7-14(4)11-16(22-23(6)12-15(19)13(2)3)21-18(25)10-8-9-17(24)20-5/h11-12,22H,2,4,7-10,19H2,1,3,5-6H3,(H,20,24)(H,21,25)/b15-12+,16-11-. The number of hydrogen-bond acceptors (Lipinski definition) is 5. The Kier molecular flexibility index (Phi) is 10.5. The highest BCUT2D eigenvalue weighted by molar-refractivity contribution is 5.79. The van der Waals surface area contributed by atoms with Crippen molar-refractivity contribution in [1.82, 2.24) is 21.1 Å². The molecule has 0 rings (SSSR count). The van der Waals surface area contributed by atoms with E-state index in [9.17, 15) is 9.59 Å². The lowest BCUT2D eigenvalue weighted by molar-refractivity contribution is -0.121. The Balaban J connectivity index is 4.84. The lowest BCUT2D eigenvalue weighted by Gasteiger charge is -2.21. The molecule has 0 bridgehead atoms. The van der Waals surface area contributed by atoms with E-state index in [4.69, 9.17) is 5.73 Å². The van der Waals surface area contributed by atoms with Crippen LogP contribution in [0.15, 0.2) is 48.1 Å². The molecule has 0 aromatic carbocycles. The first kappa shape index (κ1) is 22.3. The molecular formula is C18H31N5O2. The zero-order chi connectivity index (χ0) is 19.4. The second-order valence-corrected chi connectivity index (χ2v) is 5.73. The number of nitrogens with zero attached hydrogens (tertiary/aromatic N) is 1. The minimum absolute atomic E-state index is 0.0822. The van der Waals surface area contributed by atoms with Crippen LogP contribution in [0.3, 0.4) is 0 Å². The first-order valence-corrected chi connectivity index (χ1v) is 8.22. The number of hydrazine groups is 1. The van der Waals surface area contributed by atoms with Gasteiger partial charge in [-0.1, -0.05) is 25.7 Å². The number of carbonyl (C=O) groups excluding carboxylic acids is 2. The number of allylic oxidation sites excluding steroid dienone is 3. The van der Waals surface area contributed by atoms with Crippen LogP contribution in [0.4, 0.5) is 0 Å². The average molecular weight is 349 g/mol. The van der Waals surface area contributed by atoms with Crippen LogP contribution < -0.4 is 21.8 Å². The highest BCUT2D eigenvalue weighted by Crippen LogP contribution is 2.04. The molecule has 0 spiro atoms. The summed E-state index contributed by atoms with van der Waals surface area (Å²) in [5.74, 6) is 0.225. The van der Waals surface area contributed by atoms with Crippen LogP contribution in [0, 0.1) is 0 Å². The molecule has 140 valence electrons. The molecule has 25 heavy (non-hydrogen) atoms. The zero-order valence-corrected chi connectivity index (χ0v) is 15.7. The van der Waals surface area contributed by atoms with Crippen molar-refractivity contribution in [2.75, 3.05) is 14.1 Å². The second-order valence-electron chi connectivity index (χ2n) is 5.73. The van der Waals surface area contributed by atoms with Gasteiger partial charge in [0, 0.05) is 33.1 Å². The fourth-order valence-electron chi connectivity index (χ4n) is 1.69.